The van der Waals surface area contributed by atoms with Gasteiger partial charge in [-0.3, -0.25) is 4.98 Å². The van der Waals surface area contributed by atoms with Gasteiger partial charge in [-0.1, -0.05) is 0 Å². The molecule has 24 heavy (non-hydrogen) atoms. The molecule has 0 aliphatic carbocycles. The van der Waals surface area contributed by atoms with E-state index in [0.717, 1.165) is 11.1 Å². The third kappa shape index (κ3) is 3.14. The van der Waals surface area contributed by atoms with Crippen LogP contribution in [0.15, 0.2) is 48.9 Å². The smallest absolute Gasteiger partial charge is 0.335 e. The van der Waals surface area contributed by atoms with Gasteiger partial charge in [0.05, 0.1) is 11.3 Å². The van der Waals surface area contributed by atoms with Crippen molar-refractivity contribution in [3.05, 3.63) is 60.0 Å². The Hall–Kier alpha value is -3.48. The first-order chi connectivity index (χ1) is 11.5. The average Bonchev–Trinajstić information content (AvgIpc) is 2.59. The quantitative estimate of drug-likeness (QED) is 0.633. The first-order valence-corrected chi connectivity index (χ1v) is 7.18. The molecule has 0 bridgehead atoms. The summed E-state index contributed by atoms with van der Waals surface area (Å²) >= 11 is 0. The van der Waals surface area contributed by atoms with Crippen molar-refractivity contribution in [3.63, 3.8) is 0 Å². The van der Waals surface area contributed by atoms with Crippen LogP contribution in [0.5, 0.6) is 0 Å². The zero-order valence-corrected chi connectivity index (χ0v) is 12.9. The van der Waals surface area contributed by atoms with Gasteiger partial charge in [0.2, 0.25) is 5.95 Å². The van der Waals surface area contributed by atoms with E-state index in [1.807, 2.05) is 12.1 Å². The third-order valence-electron chi connectivity index (χ3n) is 3.55. The first-order valence-electron chi connectivity index (χ1n) is 7.18. The number of benzene rings is 1. The number of nitrogens with two attached hydrogens (primary N) is 1. The fourth-order valence-electron chi connectivity index (χ4n) is 2.20. The number of aromatic carboxylic acids is 1. The monoisotopic (exact) mass is 321 g/mol. The van der Waals surface area contributed by atoms with Crippen molar-refractivity contribution in [2.24, 2.45) is 0 Å². The summed E-state index contributed by atoms with van der Waals surface area (Å²) in [7, 11) is 0. The van der Waals surface area contributed by atoms with Gasteiger partial charge in [0.15, 0.2) is 0 Å². The lowest BCUT2D eigenvalue weighted by atomic mass is 10.1. The Morgan fingerprint density at radius 3 is 2.79 bits per heavy atom. The molecule has 0 radical (unpaired) electrons. The molecule has 7 heteroatoms. The van der Waals surface area contributed by atoms with Crippen LogP contribution in [0.2, 0.25) is 0 Å². The fourth-order valence-corrected chi connectivity index (χ4v) is 2.20. The van der Waals surface area contributed by atoms with Crippen LogP contribution in [0.4, 0.5) is 17.3 Å². The molecule has 0 amide bonds. The van der Waals surface area contributed by atoms with E-state index in [1.165, 1.54) is 12.1 Å². The number of aromatic nitrogens is 3. The largest absolute Gasteiger partial charge is 0.478 e. The Balaban J connectivity index is 1.96. The first kappa shape index (κ1) is 15.4. The molecule has 7 nitrogen and oxygen atoms in total. The Bertz CT molecular complexity index is 897. The number of nitrogen functional groups attached to an aromatic ring is 1. The topological polar surface area (TPSA) is 114 Å². The lowest BCUT2D eigenvalue weighted by Gasteiger charge is -2.12. The molecule has 0 aliphatic heterocycles. The lowest BCUT2D eigenvalue weighted by molar-refractivity contribution is 0.0697. The molecule has 3 aromatic rings. The van der Waals surface area contributed by atoms with Gasteiger partial charge in [-0.25, -0.2) is 14.8 Å². The van der Waals surface area contributed by atoms with E-state index in [4.69, 9.17) is 10.8 Å². The van der Waals surface area contributed by atoms with Gasteiger partial charge in [-0.2, -0.15) is 0 Å². The van der Waals surface area contributed by atoms with Crippen LogP contribution < -0.4 is 11.1 Å². The maximum Gasteiger partial charge on any atom is 0.335 e. The molecule has 0 spiro atoms. The minimum atomic E-state index is -1.05. The lowest BCUT2D eigenvalue weighted by Crippen LogP contribution is -2.05. The molecule has 4 N–H and O–H groups in total. The zero-order valence-electron chi connectivity index (χ0n) is 12.9. The molecular weight excluding hydrogens is 306 g/mol. The van der Waals surface area contributed by atoms with Crippen molar-refractivity contribution < 1.29 is 9.90 Å². The molecule has 0 unspecified atom stereocenters. The van der Waals surface area contributed by atoms with E-state index in [1.54, 1.807) is 31.6 Å². The second-order valence-corrected chi connectivity index (χ2v) is 5.18. The molecule has 2 aromatic heterocycles. The standard InChI is InChI=1S/C17H15N5O2/c1-10-13(18)7-12(16(23)24)8-15(10)22-17-20-6-4-14(21-17)11-3-2-5-19-9-11/h2-9H,18H2,1H3,(H,23,24)(H,20,21,22). The molecule has 2 heterocycles. The van der Waals surface area contributed by atoms with E-state index in [-0.39, 0.29) is 5.56 Å². The highest BCUT2D eigenvalue weighted by atomic mass is 16.4. The van der Waals surface area contributed by atoms with Gasteiger partial charge in [0.25, 0.3) is 0 Å². The Morgan fingerprint density at radius 1 is 1.25 bits per heavy atom. The normalized spacial score (nSPS) is 10.4. The number of carbonyl (C=O) groups is 1. The number of anilines is 3. The van der Waals surface area contributed by atoms with Crippen LogP contribution in [0.1, 0.15) is 15.9 Å². The van der Waals surface area contributed by atoms with Crippen molar-refractivity contribution in [2.75, 3.05) is 11.1 Å². The third-order valence-corrected chi connectivity index (χ3v) is 3.55. The fraction of sp³-hybridized carbons (Fsp3) is 0.0588. The van der Waals surface area contributed by atoms with Gasteiger partial charge in [0.1, 0.15) is 0 Å². The minimum Gasteiger partial charge on any atom is -0.478 e. The van der Waals surface area contributed by atoms with E-state index in [9.17, 15) is 4.79 Å². The highest BCUT2D eigenvalue weighted by Crippen LogP contribution is 2.26. The summed E-state index contributed by atoms with van der Waals surface area (Å²) in [6, 6.07) is 8.43. The molecule has 0 saturated heterocycles. The summed E-state index contributed by atoms with van der Waals surface area (Å²) in [6.07, 6.45) is 5.02. The summed E-state index contributed by atoms with van der Waals surface area (Å²) in [5, 5.41) is 12.2. The van der Waals surface area contributed by atoms with Crippen molar-refractivity contribution in [3.8, 4) is 11.3 Å². The Kier molecular flexibility index (Phi) is 4.07. The average molecular weight is 321 g/mol. The molecule has 0 saturated carbocycles. The van der Waals surface area contributed by atoms with Gasteiger partial charge in [0, 0.05) is 35.5 Å². The predicted octanol–water partition coefficient (Wildman–Crippen LogP) is 2.87. The van der Waals surface area contributed by atoms with Gasteiger partial charge in [-0.05, 0) is 42.8 Å². The van der Waals surface area contributed by atoms with Crippen molar-refractivity contribution >= 4 is 23.3 Å². The highest BCUT2D eigenvalue weighted by Gasteiger charge is 2.11. The van der Waals surface area contributed by atoms with Crippen LogP contribution in [-0.2, 0) is 0 Å². The molecule has 0 aliphatic rings. The van der Waals surface area contributed by atoms with E-state index >= 15 is 0 Å². The molecule has 0 atom stereocenters. The molecule has 0 fully saturated rings. The number of nitrogens with zero attached hydrogens (tertiary/aromatic N) is 3. The zero-order chi connectivity index (χ0) is 17.1. The van der Waals surface area contributed by atoms with Gasteiger partial charge < -0.3 is 16.2 Å². The number of hydrogen-bond donors (Lipinski definition) is 3. The van der Waals surface area contributed by atoms with Crippen molar-refractivity contribution in [1.82, 2.24) is 15.0 Å². The summed E-state index contributed by atoms with van der Waals surface area (Å²) < 4.78 is 0. The van der Waals surface area contributed by atoms with Crippen LogP contribution in [-0.4, -0.2) is 26.0 Å². The second-order valence-electron chi connectivity index (χ2n) is 5.18. The summed E-state index contributed by atoms with van der Waals surface area (Å²) in [5.74, 6) is -0.698. The van der Waals surface area contributed by atoms with Crippen LogP contribution in [0, 0.1) is 6.92 Å². The second kappa shape index (κ2) is 6.33. The van der Waals surface area contributed by atoms with Crippen LogP contribution >= 0.6 is 0 Å². The van der Waals surface area contributed by atoms with Gasteiger partial charge in [-0.15, -0.1) is 0 Å². The van der Waals surface area contributed by atoms with Crippen molar-refractivity contribution in [1.29, 1.82) is 0 Å². The van der Waals surface area contributed by atoms with Crippen molar-refractivity contribution in [2.45, 2.75) is 6.92 Å². The number of nitrogens with one attached hydrogen (secondary N) is 1. The molecular formula is C17H15N5O2. The minimum absolute atomic E-state index is 0.101. The summed E-state index contributed by atoms with van der Waals surface area (Å²) in [6.45, 7) is 1.80. The number of hydrogen-bond acceptors (Lipinski definition) is 6. The van der Waals surface area contributed by atoms with E-state index < -0.39 is 5.97 Å². The Morgan fingerprint density at radius 2 is 2.08 bits per heavy atom. The molecule has 3 rings (SSSR count). The number of rotatable bonds is 4. The predicted molar refractivity (Wildman–Crippen MR) is 91.1 cm³/mol. The Labute approximate surface area is 138 Å². The van der Waals surface area contributed by atoms with E-state index in [0.29, 0.717) is 23.0 Å². The van der Waals surface area contributed by atoms with Crippen LogP contribution in [0.25, 0.3) is 11.3 Å². The summed E-state index contributed by atoms with van der Waals surface area (Å²) in [5.41, 5.74) is 9.22. The SMILES string of the molecule is Cc1c(N)cc(C(=O)O)cc1Nc1nccc(-c2cccnc2)n1. The van der Waals surface area contributed by atoms with E-state index in [2.05, 4.69) is 20.3 Å². The van der Waals surface area contributed by atoms with Gasteiger partial charge >= 0.3 is 5.97 Å². The molecule has 120 valence electrons. The number of pyridine rings is 1. The van der Waals surface area contributed by atoms with Crippen LogP contribution in [0.3, 0.4) is 0 Å². The maximum absolute atomic E-state index is 11.2. The highest BCUT2D eigenvalue weighted by molar-refractivity contribution is 5.91. The number of carboxylic acids is 1. The summed E-state index contributed by atoms with van der Waals surface area (Å²) in [4.78, 5) is 23.9. The number of carboxylic acid groups (broad SMARTS) is 1. The maximum atomic E-state index is 11.2. The molecule has 1 aromatic carbocycles.